The summed E-state index contributed by atoms with van der Waals surface area (Å²) in [7, 11) is 3.18. The summed E-state index contributed by atoms with van der Waals surface area (Å²) in [6, 6.07) is 17.2. The van der Waals surface area contributed by atoms with Crippen molar-refractivity contribution in [3.8, 4) is 23.0 Å². The molecule has 1 saturated carbocycles. The number of carbonyl (C=O) groups excluding carboxylic acids is 4. The highest BCUT2D eigenvalue weighted by molar-refractivity contribution is 9.09. The van der Waals surface area contributed by atoms with Gasteiger partial charge in [-0.3, -0.25) is 29.0 Å². The van der Waals surface area contributed by atoms with Crippen molar-refractivity contribution < 1.29 is 38.5 Å². The van der Waals surface area contributed by atoms with Gasteiger partial charge < -0.3 is 19.3 Å². The van der Waals surface area contributed by atoms with Crippen molar-refractivity contribution in [3.05, 3.63) is 89.0 Å². The molecular formula is C39H35BrCl2N2O8. The van der Waals surface area contributed by atoms with E-state index in [0.29, 0.717) is 28.3 Å². The van der Waals surface area contributed by atoms with Gasteiger partial charge in [0.05, 0.1) is 43.8 Å². The molecule has 2 aliphatic heterocycles. The zero-order valence-corrected chi connectivity index (χ0v) is 31.6. The number of ether oxygens (including phenoxy) is 3. The molecule has 3 aromatic rings. The summed E-state index contributed by atoms with van der Waals surface area (Å²) in [5, 5.41) is 10.5. The van der Waals surface area contributed by atoms with E-state index in [1.165, 1.54) is 11.0 Å². The van der Waals surface area contributed by atoms with E-state index in [4.69, 9.17) is 37.4 Å². The Morgan fingerprint density at radius 1 is 0.904 bits per heavy atom. The van der Waals surface area contributed by atoms with Crippen LogP contribution in [0.1, 0.15) is 42.4 Å². The SMILES string of the molecule is CCOc1cc(C2C3=CCC4C(=O)N(c5ccc(C=Cc6cc(OC)ccc6OC)cc5)C(=O)C4C3CC3(Cl)C(=O)N(CBr)C(=O)C23Cl)ccc1O. The predicted molar refractivity (Wildman–Crippen MR) is 200 cm³/mol. The lowest BCUT2D eigenvalue weighted by Gasteiger charge is -2.50. The van der Waals surface area contributed by atoms with Gasteiger partial charge in [-0.2, -0.15) is 0 Å². The minimum Gasteiger partial charge on any atom is -0.504 e. The van der Waals surface area contributed by atoms with Crippen molar-refractivity contribution >= 4 is 80.6 Å². The summed E-state index contributed by atoms with van der Waals surface area (Å²) in [5.74, 6) is -3.90. The van der Waals surface area contributed by atoms with Crippen LogP contribution in [0.25, 0.3) is 12.2 Å². The van der Waals surface area contributed by atoms with E-state index < -0.39 is 51.1 Å². The van der Waals surface area contributed by atoms with Crippen LogP contribution in [0.2, 0.25) is 0 Å². The van der Waals surface area contributed by atoms with Crippen molar-refractivity contribution in [1.82, 2.24) is 4.90 Å². The summed E-state index contributed by atoms with van der Waals surface area (Å²) in [6.07, 6.45) is 5.74. The number of phenols is 1. The number of rotatable bonds is 9. The number of hydrogen-bond donors (Lipinski definition) is 1. The van der Waals surface area contributed by atoms with Gasteiger partial charge in [0.1, 0.15) is 11.5 Å². The number of fused-ring (bicyclic) bond motifs is 4. The number of carbonyl (C=O) groups is 4. The highest BCUT2D eigenvalue weighted by Gasteiger charge is 2.76. The Bertz CT molecular complexity index is 2050. The van der Waals surface area contributed by atoms with Gasteiger partial charge in [0.15, 0.2) is 21.2 Å². The molecule has 0 aromatic heterocycles. The summed E-state index contributed by atoms with van der Waals surface area (Å²) in [6.45, 7) is 2.03. The molecular weight excluding hydrogens is 775 g/mol. The number of anilines is 1. The predicted octanol–water partition coefficient (Wildman–Crippen LogP) is 6.89. The molecule has 4 amide bonds. The Labute approximate surface area is 319 Å². The molecule has 52 heavy (non-hydrogen) atoms. The second-order valence-corrected chi connectivity index (χ2v) is 14.9. The molecule has 6 atom stereocenters. The molecule has 6 unspecified atom stereocenters. The second kappa shape index (κ2) is 13.6. The number of imide groups is 2. The van der Waals surface area contributed by atoms with Crippen LogP contribution in [-0.4, -0.2) is 69.7 Å². The van der Waals surface area contributed by atoms with E-state index in [1.807, 2.05) is 48.6 Å². The Morgan fingerprint density at radius 3 is 2.33 bits per heavy atom. The number of amides is 4. The highest BCUT2D eigenvalue weighted by Crippen LogP contribution is 2.65. The van der Waals surface area contributed by atoms with Crippen molar-refractivity contribution in [1.29, 1.82) is 0 Å². The Morgan fingerprint density at radius 2 is 1.65 bits per heavy atom. The van der Waals surface area contributed by atoms with E-state index in [-0.39, 0.29) is 42.3 Å². The van der Waals surface area contributed by atoms with Gasteiger partial charge in [-0.1, -0.05) is 57.9 Å². The lowest BCUT2D eigenvalue weighted by atomic mass is 9.56. The third-order valence-electron chi connectivity index (χ3n) is 10.7. The van der Waals surface area contributed by atoms with Gasteiger partial charge in [0.2, 0.25) is 11.8 Å². The van der Waals surface area contributed by atoms with E-state index in [1.54, 1.807) is 45.4 Å². The zero-order chi connectivity index (χ0) is 37.1. The van der Waals surface area contributed by atoms with Crippen molar-refractivity contribution in [2.75, 3.05) is 31.2 Å². The first kappa shape index (κ1) is 36.1. The molecule has 2 heterocycles. The maximum Gasteiger partial charge on any atom is 0.254 e. The quantitative estimate of drug-likeness (QED) is 0.0816. The number of benzene rings is 3. The molecule has 0 spiro atoms. The van der Waals surface area contributed by atoms with Crippen LogP contribution in [0.15, 0.2) is 72.3 Å². The molecule has 270 valence electrons. The first-order valence-corrected chi connectivity index (χ1v) is 18.6. The number of aromatic hydroxyl groups is 1. The van der Waals surface area contributed by atoms with Crippen LogP contribution in [-0.2, 0) is 19.2 Å². The molecule has 1 N–H and O–H groups in total. The van der Waals surface area contributed by atoms with Crippen LogP contribution in [0.3, 0.4) is 0 Å². The van der Waals surface area contributed by atoms with Gasteiger partial charge in [-0.05, 0) is 79.3 Å². The third-order valence-corrected chi connectivity index (χ3v) is 12.6. The standard InChI is InChI=1S/C39H35BrCl2N2O8/c1-4-52-31-18-23(9-15-29(31)45)33-26-13-14-27-32(28(26)19-38(41)36(48)43(20-40)37(49)39(33,38)42)35(47)44(34(27)46)24-10-6-21(7-11-24)5-8-22-17-25(50-2)12-16-30(22)51-3/h5-13,15-18,27-28,32-33,45H,4,14,19-20H2,1-3H3. The minimum atomic E-state index is -1.96. The number of nitrogens with zero attached hydrogens (tertiary/aromatic N) is 2. The number of hydrogen-bond acceptors (Lipinski definition) is 8. The van der Waals surface area contributed by atoms with Crippen molar-refractivity contribution in [2.24, 2.45) is 17.8 Å². The van der Waals surface area contributed by atoms with Crippen LogP contribution in [0.4, 0.5) is 5.69 Å². The van der Waals surface area contributed by atoms with E-state index in [2.05, 4.69) is 15.9 Å². The lowest BCUT2D eigenvalue weighted by molar-refractivity contribution is -0.138. The molecule has 3 aromatic carbocycles. The van der Waals surface area contributed by atoms with Gasteiger partial charge >= 0.3 is 0 Å². The lowest BCUT2D eigenvalue weighted by Crippen LogP contribution is -2.60. The molecule has 4 aliphatic rings. The third kappa shape index (κ3) is 5.34. The monoisotopic (exact) mass is 808 g/mol. The van der Waals surface area contributed by atoms with E-state index >= 15 is 0 Å². The summed E-state index contributed by atoms with van der Waals surface area (Å²) >= 11 is 17.9. The number of allylic oxidation sites excluding steroid dienone is 2. The molecule has 7 rings (SSSR count). The van der Waals surface area contributed by atoms with Crippen LogP contribution < -0.4 is 19.1 Å². The molecule has 0 bridgehead atoms. The van der Waals surface area contributed by atoms with Gasteiger partial charge in [-0.25, -0.2) is 0 Å². The first-order valence-electron chi connectivity index (χ1n) is 16.8. The van der Waals surface area contributed by atoms with Crippen molar-refractivity contribution in [2.45, 2.75) is 35.4 Å². The fraction of sp³-hybridized carbons (Fsp3) is 0.333. The minimum absolute atomic E-state index is 0.110. The Balaban J connectivity index is 1.24. The van der Waals surface area contributed by atoms with Gasteiger partial charge in [0.25, 0.3) is 11.8 Å². The second-order valence-electron chi connectivity index (χ2n) is 13.2. The number of phenolic OH excluding ortho intramolecular Hbond substituents is 1. The normalized spacial score (nSPS) is 28.2. The average molecular weight is 811 g/mol. The number of alkyl halides is 3. The van der Waals surface area contributed by atoms with Gasteiger partial charge in [-0.15, -0.1) is 23.2 Å². The molecule has 0 radical (unpaired) electrons. The summed E-state index contributed by atoms with van der Waals surface area (Å²) in [5.41, 5.74) is 3.06. The molecule has 10 nitrogen and oxygen atoms in total. The summed E-state index contributed by atoms with van der Waals surface area (Å²) < 4.78 is 16.5. The Hall–Kier alpha value is -4.32. The molecule has 3 fully saturated rings. The topological polar surface area (TPSA) is 123 Å². The fourth-order valence-corrected chi connectivity index (χ4v) is 9.68. The molecule has 13 heteroatoms. The zero-order valence-electron chi connectivity index (χ0n) is 28.5. The summed E-state index contributed by atoms with van der Waals surface area (Å²) in [4.78, 5) is 54.8. The van der Waals surface area contributed by atoms with E-state index in [9.17, 15) is 24.3 Å². The smallest absolute Gasteiger partial charge is 0.254 e. The maximum atomic E-state index is 14.4. The van der Waals surface area contributed by atoms with Crippen LogP contribution in [0.5, 0.6) is 23.0 Å². The van der Waals surface area contributed by atoms with Gasteiger partial charge in [0, 0.05) is 11.5 Å². The molecule has 2 aliphatic carbocycles. The van der Waals surface area contributed by atoms with E-state index in [0.717, 1.165) is 16.0 Å². The highest BCUT2D eigenvalue weighted by atomic mass is 79.9. The largest absolute Gasteiger partial charge is 0.504 e. The maximum absolute atomic E-state index is 14.4. The number of methoxy groups -OCH3 is 2. The average Bonchev–Trinajstić information content (AvgIpc) is 3.49. The van der Waals surface area contributed by atoms with Crippen LogP contribution in [0, 0.1) is 17.8 Å². The first-order chi connectivity index (χ1) is 24.9. The van der Waals surface area contributed by atoms with Crippen LogP contribution >= 0.6 is 39.1 Å². The fourth-order valence-electron chi connectivity index (χ4n) is 8.25. The Kier molecular flexibility index (Phi) is 9.42. The van der Waals surface area contributed by atoms with Crippen molar-refractivity contribution in [3.63, 3.8) is 0 Å². The number of halogens is 3. The molecule has 2 saturated heterocycles. The number of likely N-dealkylation sites (tertiary alicyclic amines) is 1.